The Bertz CT molecular complexity index is 710. The lowest BCUT2D eigenvalue weighted by atomic mass is 10.2. The fraction of sp³-hybridized carbons (Fsp3) is 0.562. The van der Waals surface area contributed by atoms with Crippen molar-refractivity contribution in [3.8, 4) is 0 Å². The van der Waals surface area contributed by atoms with Crippen molar-refractivity contribution >= 4 is 17.7 Å². The van der Waals surface area contributed by atoms with Crippen LogP contribution in [0.2, 0.25) is 0 Å². The van der Waals surface area contributed by atoms with Gasteiger partial charge in [-0.2, -0.15) is 0 Å². The van der Waals surface area contributed by atoms with Crippen molar-refractivity contribution in [2.75, 3.05) is 31.9 Å². The maximum absolute atomic E-state index is 12.5. The second-order valence-corrected chi connectivity index (χ2v) is 7.35. The van der Waals surface area contributed by atoms with Crippen molar-refractivity contribution in [1.29, 1.82) is 0 Å². The van der Waals surface area contributed by atoms with Crippen LogP contribution in [0.5, 0.6) is 0 Å². The average Bonchev–Trinajstić information content (AvgIpc) is 3.39. The predicted molar refractivity (Wildman–Crippen MR) is 92.9 cm³/mol. The molecule has 132 valence electrons. The lowest BCUT2D eigenvalue weighted by Gasteiger charge is -2.34. The topological polar surface area (TPSA) is 80.0 Å². The first-order valence-electron chi connectivity index (χ1n) is 8.60. The minimum Gasteiger partial charge on any atom is -0.339 e. The van der Waals surface area contributed by atoms with Gasteiger partial charge in [0.05, 0.1) is 17.5 Å². The Balaban J connectivity index is 1.23. The van der Waals surface area contributed by atoms with Crippen LogP contribution < -0.4 is 0 Å². The quantitative estimate of drug-likeness (QED) is 0.707. The van der Waals surface area contributed by atoms with Crippen molar-refractivity contribution in [1.82, 2.24) is 35.0 Å². The highest BCUT2D eigenvalue weighted by Gasteiger charge is 2.28. The number of carbonyl (C=O) groups excluding carboxylic acids is 1. The van der Waals surface area contributed by atoms with E-state index in [0.717, 1.165) is 56.4 Å². The minimum absolute atomic E-state index is 0.160. The van der Waals surface area contributed by atoms with E-state index in [2.05, 4.69) is 25.4 Å². The second-order valence-electron chi connectivity index (χ2n) is 6.40. The SMILES string of the molecule is O=C(CSc1nnnn1C1CC1)N1CCN(Cc2ccccn2)CC1. The van der Waals surface area contributed by atoms with Crippen molar-refractivity contribution < 1.29 is 4.79 Å². The molecule has 1 aliphatic heterocycles. The van der Waals surface area contributed by atoms with Gasteiger partial charge in [0, 0.05) is 38.9 Å². The van der Waals surface area contributed by atoms with Gasteiger partial charge in [-0.3, -0.25) is 14.7 Å². The molecule has 1 saturated carbocycles. The van der Waals surface area contributed by atoms with E-state index in [-0.39, 0.29) is 5.91 Å². The fourth-order valence-corrected chi connectivity index (χ4v) is 3.77. The Labute approximate surface area is 150 Å². The van der Waals surface area contributed by atoms with E-state index in [9.17, 15) is 4.79 Å². The number of carbonyl (C=O) groups is 1. The molecule has 0 radical (unpaired) electrons. The van der Waals surface area contributed by atoms with Gasteiger partial charge in [0.15, 0.2) is 0 Å². The molecular formula is C16H21N7OS. The highest BCUT2D eigenvalue weighted by molar-refractivity contribution is 7.99. The van der Waals surface area contributed by atoms with Crippen LogP contribution in [0.15, 0.2) is 29.6 Å². The highest BCUT2D eigenvalue weighted by atomic mass is 32.2. The molecule has 0 N–H and O–H groups in total. The fourth-order valence-electron chi connectivity index (χ4n) is 2.92. The molecule has 0 bridgehead atoms. The summed E-state index contributed by atoms with van der Waals surface area (Å²) in [6, 6.07) is 6.41. The average molecular weight is 359 g/mol. The van der Waals surface area contributed by atoms with E-state index in [1.165, 1.54) is 11.8 Å². The van der Waals surface area contributed by atoms with Gasteiger partial charge >= 0.3 is 0 Å². The van der Waals surface area contributed by atoms with E-state index < -0.39 is 0 Å². The van der Waals surface area contributed by atoms with Crippen LogP contribution in [0.1, 0.15) is 24.6 Å². The summed E-state index contributed by atoms with van der Waals surface area (Å²) >= 11 is 1.44. The molecule has 9 heteroatoms. The molecule has 2 fully saturated rings. The maximum Gasteiger partial charge on any atom is 0.233 e. The molecule has 4 rings (SSSR count). The number of nitrogens with zero attached hydrogens (tertiary/aromatic N) is 7. The molecule has 2 aliphatic rings. The molecule has 0 unspecified atom stereocenters. The molecule has 1 amide bonds. The number of pyridine rings is 1. The van der Waals surface area contributed by atoms with Gasteiger partial charge in [0.25, 0.3) is 0 Å². The van der Waals surface area contributed by atoms with Gasteiger partial charge in [0.2, 0.25) is 11.1 Å². The summed E-state index contributed by atoms with van der Waals surface area (Å²) in [6.07, 6.45) is 4.08. The van der Waals surface area contributed by atoms with Crippen LogP contribution in [0.25, 0.3) is 0 Å². The maximum atomic E-state index is 12.5. The van der Waals surface area contributed by atoms with Gasteiger partial charge in [-0.15, -0.1) is 5.10 Å². The monoisotopic (exact) mass is 359 g/mol. The van der Waals surface area contributed by atoms with Crippen LogP contribution in [-0.4, -0.2) is 72.8 Å². The van der Waals surface area contributed by atoms with Crippen LogP contribution in [0, 0.1) is 0 Å². The zero-order valence-electron chi connectivity index (χ0n) is 14.0. The van der Waals surface area contributed by atoms with Gasteiger partial charge in [-0.05, 0) is 35.4 Å². The summed E-state index contributed by atoms with van der Waals surface area (Å²) in [5.41, 5.74) is 1.07. The van der Waals surface area contributed by atoms with Gasteiger partial charge in [-0.25, -0.2) is 4.68 Å². The number of aromatic nitrogens is 5. The molecule has 25 heavy (non-hydrogen) atoms. The Morgan fingerprint density at radius 3 is 2.76 bits per heavy atom. The van der Waals surface area contributed by atoms with E-state index >= 15 is 0 Å². The van der Waals surface area contributed by atoms with E-state index in [4.69, 9.17) is 0 Å². The molecule has 2 aromatic rings. The summed E-state index contributed by atoms with van der Waals surface area (Å²) in [7, 11) is 0. The minimum atomic E-state index is 0.160. The normalized spacial score (nSPS) is 18.5. The number of rotatable bonds is 6. The van der Waals surface area contributed by atoms with Gasteiger partial charge < -0.3 is 4.90 Å². The van der Waals surface area contributed by atoms with E-state index in [0.29, 0.717) is 11.8 Å². The van der Waals surface area contributed by atoms with Crippen molar-refractivity contribution in [2.24, 2.45) is 0 Å². The Morgan fingerprint density at radius 2 is 2.04 bits per heavy atom. The van der Waals surface area contributed by atoms with Crippen LogP contribution in [0.4, 0.5) is 0 Å². The lowest BCUT2D eigenvalue weighted by molar-refractivity contribution is -0.130. The molecular weight excluding hydrogens is 338 g/mol. The first-order chi connectivity index (χ1) is 12.3. The Hall–Kier alpha value is -2.00. The van der Waals surface area contributed by atoms with Crippen LogP contribution >= 0.6 is 11.8 Å². The largest absolute Gasteiger partial charge is 0.339 e. The van der Waals surface area contributed by atoms with E-state index in [1.54, 1.807) is 0 Å². The van der Waals surface area contributed by atoms with Gasteiger partial charge in [0.1, 0.15) is 0 Å². The number of hydrogen-bond acceptors (Lipinski definition) is 7. The Morgan fingerprint density at radius 1 is 1.20 bits per heavy atom. The number of tetrazole rings is 1. The summed E-state index contributed by atoms with van der Waals surface area (Å²) in [6.45, 7) is 4.13. The second kappa shape index (κ2) is 7.49. The number of thioether (sulfide) groups is 1. The van der Waals surface area contributed by atoms with Crippen LogP contribution in [-0.2, 0) is 11.3 Å². The Kier molecular flexibility index (Phi) is 4.93. The molecule has 2 aromatic heterocycles. The third kappa shape index (κ3) is 4.16. The van der Waals surface area contributed by atoms with Gasteiger partial charge in [-0.1, -0.05) is 17.8 Å². The van der Waals surface area contributed by atoms with Crippen molar-refractivity contribution in [3.05, 3.63) is 30.1 Å². The summed E-state index contributed by atoms with van der Waals surface area (Å²) in [5, 5.41) is 12.5. The number of amides is 1. The summed E-state index contributed by atoms with van der Waals surface area (Å²) < 4.78 is 1.85. The first kappa shape index (κ1) is 16.5. The molecule has 1 aliphatic carbocycles. The third-order valence-corrected chi connectivity index (χ3v) is 5.44. The molecule has 0 atom stereocenters. The number of piperazine rings is 1. The molecule has 8 nitrogen and oxygen atoms in total. The van der Waals surface area contributed by atoms with Crippen molar-refractivity contribution in [2.45, 2.75) is 30.6 Å². The smallest absolute Gasteiger partial charge is 0.233 e. The first-order valence-corrected chi connectivity index (χ1v) is 9.59. The molecule has 1 saturated heterocycles. The molecule has 0 spiro atoms. The number of hydrogen-bond donors (Lipinski definition) is 0. The van der Waals surface area contributed by atoms with E-state index in [1.807, 2.05) is 34.0 Å². The van der Waals surface area contributed by atoms with Crippen molar-refractivity contribution in [3.63, 3.8) is 0 Å². The third-order valence-electron chi connectivity index (χ3n) is 4.52. The molecule has 0 aromatic carbocycles. The summed E-state index contributed by atoms with van der Waals surface area (Å²) in [5.74, 6) is 0.556. The predicted octanol–water partition coefficient (Wildman–Crippen LogP) is 0.839. The molecule has 3 heterocycles. The lowest BCUT2D eigenvalue weighted by Crippen LogP contribution is -2.48. The van der Waals surface area contributed by atoms with Crippen LogP contribution in [0.3, 0.4) is 0 Å². The highest BCUT2D eigenvalue weighted by Crippen LogP contribution is 2.36. The zero-order valence-corrected chi connectivity index (χ0v) is 14.8. The standard InChI is InChI=1S/C16H21N7OS/c24-15(12-25-16-18-19-20-23(16)14-4-5-14)22-9-7-21(8-10-22)11-13-3-1-2-6-17-13/h1-3,6,14H,4-5,7-12H2. The summed E-state index contributed by atoms with van der Waals surface area (Å²) in [4.78, 5) is 21.1. The zero-order chi connectivity index (χ0) is 17.1.